The van der Waals surface area contributed by atoms with Crippen molar-refractivity contribution in [1.82, 2.24) is 0 Å². The molecule has 0 amide bonds. The molecule has 0 atom stereocenters. The normalized spacial score (nSPS) is 11.1. The smallest absolute Gasteiger partial charge is 0.326 e. The van der Waals surface area contributed by atoms with Gasteiger partial charge in [0.25, 0.3) is 10.0 Å². The van der Waals surface area contributed by atoms with E-state index in [-0.39, 0.29) is 11.5 Å². The molecule has 0 unspecified atom stereocenters. The Bertz CT molecular complexity index is 891. The number of anilines is 1. The molecule has 0 radical (unpaired) electrons. The van der Waals surface area contributed by atoms with Crippen molar-refractivity contribution >= 4 is 21.7 Å². The molecule has 2 aromatic carbocycles. The van der Waals surface area contributed by atoms with Crippen LogP contribution in [-0.4, -0.2) is 34.1 Å². The van der Waals surface area contributed by atoms with Crippen LogP contribution in [0.5, 0.6) is 5.75 Å². The number of nitrogens with zero attached hydrogens (tertiary/aromatic N) is 1. The van der Waals surface area contributed by atoms with E-state index in [0.717, 1.165) is 15.4 Å². The number of hydrogen-bond donors (Lipinski definition) is 0. The van der Waals surface area contributed by atoms with E-state index in [1.807, 2.05) is 26.8 Å². The number of sulfonamides is 1. The topological polar surface area (TPSA) is 72.9 Å². The second kappa shape index (κ2) is 8.90. The van der Waals surface area contributed by atoms with Crippen LogP contribution in [0, 0.1) is 13.8 Å². The van der Waals surface area contributed by atoms with Gasteiger partial charge in [0.15, 0.2) is 0 Å². The molecular weight excluding hydrogens is 366 g/mol. The van der Waals surface area contributed by atoms with E-state index in [4.69, 9.17) is 9.47 Å². The van der Waals surface area contributed by atoms with E-state index < -0.39 is 22.5 Å². The zero-order valence-corrected chi connectivity index (χ0v) is 16.9. The van der Waals surface area contributed by atoms with Crippen LogP contribution in [0.15, 0.2) is 47.4 Å². The molecule has 0 N–H and O–H groups in total. The van der Waals surface area contributed by atoms with Gasteiger partial charge in [-0.05, 0) is 69.2 Å². The summed E-state index contributed by atoms with van der Waals surface area (Å²) in [5.74, 6) is -0.0203. The summed E-state index contributed by atoms with van der Waals surface area (Å²) in [6, 6.07) is 11.5. The summed E-state index contributed by atoms with van der Waals surface area (Å²) in [7, 11) is -3.96. The van der Waals surface area contributed by atoms with Crippen LogP contribution in [0.1, 0.15) is 25.0 Å². The zero-order chi connectivity index (χ0) is 20.0. The molecule has 0 aromatic heterocycles. The molecule has 0 saturated heterocycles. The summed E-state index contributed by atoms with van der Waals surface area (Å²) in [6.07, 6.45) is 0. The Kier molecular flexibility index (Phi) is 6.85. The lowest BCUT2D eigenvalue weighted by Crippen LogP contribution is -2.37. The molecule has 146 valence electrons. The zero-order valence-electron chi connectivity index (χ0n) is 16.1. The highest BCUT2D eigenvalue weighted by Gasteiger charge is 2.29. The van der Waals surface area contributed by atoms with E-state index >= 15 is 0 Å². The fraction of sp³-hybridized carbons (Fsp3) is 0.350. The molecule has 0 aliphatic carbocycles. The standard InChI is InChI=1S/C20H25NO5S/c1-5-25-17-10-12-18(13-11-17)27(23,24)21(14-20(22)26-6-2)19-9-7-8-15(3)16(19)4/h7-13H,5-6,14H2,1-4H3. The Labute approximate surface area is 160 Å². The van der Waals surface area contributed by atoms with Crippen LogP contribution in [0.25, 0.3) is 0 Å². The first-order valence-electron chi connectivity index (χ1n) is 8.78. The predicted octanol–water partition coefficient (Wildman–Crippen LogP) is 3.46. The van der Waals surface area contributed by atoms with Crippen molar-refractivity contribution in [1.29, 1.82) is 0 Å². The van der Waals surface area contributed by atoms with Crippen LogP contribution < -0.4 is 9.04 Å². The first-order chi connectivity index (χ1) is 12.8. The number of esters is 1. The van der Waals surface area contributed by atoms with E-state index in [9.17, 15) is 13.2 Å². The summed E-state index contributed by atoms with van der Waals surface area (Å²) < 4.78 is 38.0. The van der Waals surface area contributed by atoms with Crippen LogP contribution in [0.4, 0.5) is 5.69 Å². The highest BCUT2D eigenvalue weighted by atomic mass is 32.2. The van der Waals surface area contributed by atoms with Gasteiger partial charge in [-0.15, -0.1) is 0 Å². The first-order valence-corrected chi connectivity index (χ1v) is 10.2. The number of aryl methyl sites for hydroxylation is 1. The van der Waals surface area contributed by atoms with E-state index in [0.29, 0.717) is 18.0 Å². The fourth-order valence-corrected chi connectivity index (χ4v) is 4.10. The minimum absolute atomic E-state index is 0.0798. The summed E-state index contributed by atoms with van der Waals surface area (Å²) in [6.45, 7) is 7.54. The lowest BCUT2D eigenvalue weighted by atomic mass is 10.1. The van der Waals surface area contributed by atoms with Gasteiger partial charge in [0, 0.05) is 0 Å². The molecule has 7 heteroatoms. The number of rotatable bonds is 8. The quantitative estimate of drug-likeness (QED) is 0.645. The molecule has 0 spiro atoms. The Morgan fingerprint density at radius 3 is 2.26 bits per heavy atom. The van der Waals surface area contributed by atoms with Crippen molar-refractivity contribution in [2.45, 2.75) is 32.6 Å². The Morgan fingerprint density at radius 2 is 1.67 bits per heavy atom. The Morgan fingerprint density at radius 1 is 1.00 bits per heavy atom. The maximum absolute atomic E-state index is 13.3. The average Bonchev–Trinajstić information content (AvgIpc) is 2.63. The molecule has 2 aromatic rings. The number of hydrogen-bond acceptors (Lipinski definition) is 5. The Hall–Kier alpha value is -2.54. The van der Waals surface area contributed by atoms with Gasteiger partial charge in [0.2, 0.25) is 0 Å². The summed E-state index contributed by atoms with van der Waals surface area (Å²) >= 11 is 0. The van der Waals surface area contributed by atoms with E-state index in [1.54, 1.807) is 31.2 Å². The lowest BCUT2D eigenvalue weighted by Gasteiger charge is -2.26. The molecule has 0 heterocycles. The van der Waals surface area contributed by atoms with Crippen molar-refractivity contribution in [2.75, 3.05) is 24.1 Å². The molecule has 2 rings (SSSR count). The van der Waals surface area contributed by atoms with Crippen LogP contribution in [0.3, 0.4) is 0 Å². The fourth-order valence-electron chi connectivity index (χ4n) is 2.63. The predicted molar refractivity (Wildman–Crippen MR) is 105 cm³/mol. The summed E-state index contributed by atoms with van der Waals surface area (Å²) in [5.41, 5.74) is 2.18. The number of benzene rings is 2. The van der Waals surface area contributed by atoms with Crippen molar-refractivity contribution in [3.05, 3.63) is 53.6 Å². The number of carbonyl (C=O) groups excluding carboxylic acids is 1. The minimum Gasteiger partial charge on any atom is -0.494 e. The van der Waals surface area contributed by atoms with Crippen LogP contribution >= 0.6 is 0 Å². The second-order valence-corrected chi connectivity index (χ2v) is 7.80. The monoisotopic (exact) mass is 391 g/mol. The second-order valence-electron chi connectivity index (χ2n) is 5.94. The third-order valence-corrected chi connectivity index (χ3v) is 5.92. The van der Waals surface area contributed by atoms with Gasteiger partial charge in [0.1, 0.15) is 12.3 Å². The summed E-state index contributed by atoms with van der Waals surface area (Å²) in [4.78, 5) is 12.2. The Balaban J connectivity index is 2.50. The van der Waals surface area contributed by atoms with Gasteiger partial charge < -0.3 is 9.47 Å². The maximum atomic E-state index is 13.3. The van der Waals surface area contributed by atoms with Gasteiger partial charge in [-0.3, -0.25) is 9.10 Å². The third-order valence-electron chi connectivity index (χ3n) is 4.15. The van der Waals surface area contributed by atoms with Crippen LogP contribution in [0.2, 0.25) is 0 Å². The van der Waals surface area contributed by atoms with Crippen molar-refractivity contribution < 1.29 is 22.7 Å². The van der Waals surface area contributed by atoms with Crippen molar-refractivity contribution in [2.24, 2.45) is 0 Å². The highest BCUT2D eigenvalue weighted by molar-refractivity contribution is 7.92. The maximum Gasteiger partial charge on any atom is 0.326 e. The highest BCUT2D eigenvalue weighted by Crippen LogP contribution is 2.29. The van der Waals surface area contributed by atoms with Crippen molar-refractivity contribution in [3.8, 4) is 5.75 Å². The van der Waals surface area contributed by atoms with Crippen LogP contribution in [-0.2, 0) is 19.6 Å². The molecular formula is C20H25NO5S. The molecule has 0 saturated carbocycles. The van der Waals surface area contributed by atoms with Gasteiger partial charge in [-0.25, -0.2) is 8.42 Å². The van der Waals surface area contributed by atoms with Crippen molar-refractivity contribution in [3.63, 3.8) is 0 Å². The lowest BCUT2D eigenvalue weighted by molar-refractivity contribution is -0.141. The average molecular weight is 391 g/mol. The summed E-state index contributed by atoms with van der Waals surface area (Å²) in [5, 5.41) is 0. The van der Waals surface area contributed by atoms with E-state index in [1.165, 1.54) is 12.1 Å². The van der Waals surface area contributed by atoms with Gasteiger partial charge in [0.05, 0.1) is 23.8 Å². The molecule has 0 aliphatic rings. The molecule has 0 bridgehead atoms. The number of ether oxygens (including phenoxy) is 2. The third kappa shape index (κ3) is 4.80. The van der Waals surface area contributed by atoms with E-state index in [2.05, 4.69) is 0 Å². The van der Waals surface area contributed by atoms with Gasteiger partial charge in [-0.2, -0.15) is 0 Å². The van der Waals surface area contributed by atoms with Gasteiger partial charge in [-0.1, -0.05) is 12.1 Å². The number of carbonyl (C=O) groups is 1. The molecule has 0 fully saturated rings. The first kappa shape index (κ1) is 20.8. The van der Waals surface area contributed by atoms with Gasteiger partial charge >= 0.3 is 5.97 Å². The molecule has 0 aliphatic heterocycles. The molecule has 6 nitrogen and oxygen atoms in total. The largest absolute Gasteiger partial charge is 0.494 e. The molecule has 27 heavy (non-hydrogen) atoms. The minimum atomic E-state index is -3.96. The SMILES string of the molecule is CCOC(=O)CN(c1cccc(C)c1C)S(=O)(=O)c1ccc(OCC)cc1.